The largest absolute Gasteiger partial charge is 0.389 e. The standard InChI is InChI=1S/C12H15FN2O5S/c13-10-4-3-9(15(17)18)7-11(10)21(19,20)14-8-12(16)5-1-2-6-12/h3-4,7,14,16H,1-2,5-6,8H2. The first-order valence-electron chi connectivity index (χ1n) is 6.40. The highest BCUT2D eigenvalue weighted by Gasteiger charge is 2.33. The van der Waals surface area contributed by atoms with Gasteiger partial charge < -0.3 is 5.11 Å². The van der Waals surface area contributed by atoms with E-state index in [1.54, 1.807) is 0 Å². The van der Waals surface area contributed by atoms with E-state index in [4.69, 9.17) is 0 Å². The summed E-state index contributed by atoms with van der Waals surface area (Å²) < 4.78 is 39.8. The third-order valence-electron chi connectivity index (χ3n) is 3.54. The zero-order chi connectivity index (χ0) is 15.7. The van der Waals surface area contributed by atoms with E-state index in [0.717, 1.165) is 25.0 Å². The monoisotopic (exact) mass is 318 g/mol. The number of nitro groups is 1. The smallest absolute Gasteiger partial charge is 0.270 e. The number of hydrogen-bond acceptors (Lipinski definition) is 5. The van der Waals surface area contributed by atoms with Crippen molar-refractivity contribution in [3.8, 4) is 0 Å². The molecule has 0 aliphatic heterocycles. The molecule has 2 N–H and O–H groups in total. The number of sulfonamides is 1. The summed E-state index contributed by atoms with van der Waals surface area (Å²) in [5.41, 5.74) is -1.65. The van der Waals surface area contributed by atoms with E-state index in [2.05, 4.69) is 4.72 Å². The lowest BCUT2D eigenvalue weighted by molar-refractivity contribution is -0.385. The molecular weight excluding hydrogens is 303 g/mol. The summed E-state index contributed by atoms with van der Waals surface area (Å²) in [4.78, 5) is 9.04. The molecule has 0 bridgehead atoms. The third kappa shape index (κ3) is 3.55. The molecule has 0 spiro atoms. The van der Waals surface area contributed by atoms with E-state index in [1.165, 1.54) is 0 Å². The third-order valence-corrected chi connectivity index (χ3v) is 4.96. The van der Waals surface area contributed by atoms with Gasteiger partial charge in [0, 0.05) is 18.7 Å². The quantitative estimate of drug-likeness (QED) is 0.628. The fourth-order valence-electron chi connectivity index (χ4n) is 2.33. The van der Waals surface area contributed by atoms with E-state index in [-0.39, 0.29) is 6.54 Å². The summed E-state index contributed by atoms with van der Waals surface area (Å²) in [6.45, 7) is -0.239. The second-order valence-corrected chi connectivity index (χ2v) is 6.86. The first-order valence-corrected chi connectivity index (χ1v) is 7.88. The number of halogens is 1. The Morgan fingerprint density at radius 2 is 2.00 bits per heavy atom. The number of benzene rings is 1. The minimum atomic E-state index is -4.26. The molecule has 0 radical (unpaired) electrons. The highest BCUT2D eigenvalue weighted by atomic mass is 32.2. The Bertz CT molecular complexity index is 656. The molecule has 1 saturated carbocycles. The molecule has 1 aliphatic carbocycles. The second-order valence-electron chi connectivity index (χ2n) is 5.13. The molecule has 2 rings (SSSR count). The summed E-state index contributed by atoms with van der Waals surface area (Å²) in [6, 6.07) is 2.28. The van der Waals surface area contributed by atoms with Crippen molar-refractivity contribution in [2.75, 3.05) is 6.54 Å². The Morgan fingerprint density at radius 3 is 2.57 bits per heavy atom. The van der Waals surface area contributed by atoms with E-state index >= 15 is 0 Å². The normalized spacial score (nSPS) is 17.8. The summed E-state index contributed by atoms with van der Waals surface area (Å²) in [6.07, 6.45) is 2.52. The van der Waals surface area contributed by atoms with Gasteiger partial charge >= 0.3 is 0 Å². The number of non-ortho nitro benzene ring substituents is 1. The molecule has 7 nitrogen and oxygen atoms in total. The fourth-order valence-corrected chi connectivity index (χ4v) is 3.54. The van der Waals surface area contributed by atoms with E-state index in [0.29, 0.717) is 18.9 Å². The molecule has 0 unspecified atom stereocenters. The molecule has 0 atom stereocenters. The minimum absolute atomic E-state index is 0.239. The number of nitro benzene ring substituents is 1. The van der Waals surface area contributed by atoms with Crippen LogP contribution < -0.4 is 4.72 Å². The van der Waals surface area contributed by atoms with E-state index < -0.39 is 36.9 Å². The van der Waals surface area contributed by atoms with Gasteiger partial charge in [0.25, 0.3) is 5.69 Å². The fraction of sp³-hybridized carbons (Fsp3) is 0.500. The number of nitrogens with one attached hydrogen (secondary N) is 1. The maximum Gasteiger partial charge on any atom is 0.270 e. The second kappa shape index (κ2) is 5.66. The van der Waals surface area contributed by atoms with Gasteiger partial charge in [0.1, 0.15) is 10.7 Å². The number of aliphatic hydroxyl groups is 1. The van der Waals surface area contributed by atoms with Gasteiger partial charge in [0.15, 0.2) is 0 Å². The molecule has 0 aromatic heterocycles. The Kier molecular flexibility index (Phi) is 4.26. The highest BCUT2D eigenvalue weighted by Crippen LogP contribution is 2.29. The minimum Gasteiger partial charge on any atom is -0.389 e. The number of nitrogens with zero attached hydrogens (tertiary/aromatic N) is 1. The summed E-state index contributed by atoms with van der Waals surface area (Å²) in [7, 11) is -4.26. The van der Waals surface area contributed by atoms with Gasteiger partial charge in [-0.1, -0.05) is 12.8 Å². The lowest BCUT2D eigenvalue weighted by atomic mass is 10.0. The molecule has 0 saturated heterocycles. The molecule has 1 aromatic carbocycles. The Hall–Kier alpha value is -1.58. The average Bonchev–Trinajstić information content (AvgIpc) is 2.84. The number of hydrogen-bond donors (Lipinski definition) is 2. The average molecular weight is 318 g/mol. The molecule has 9 heteroatoms. The van der Waals surface area contributed by atoms with Crippen LogP contribution in [0.1, 0.15) is 25.7 Å². The van der Waals surface area contributed by atoms with Crippen LogP contribution in [-0.2, 0) is 10.0 Å². The van der Waals surface area contributed by atoms with Crippen molar-refractivity contribution >= 4 is 15.7 Å². The Labute approximate surface area is 121 Å². The summed E-state index contributed by atoms with van der Waals surface area (Å²) in [5, 5.41) is 20.7. The molecule has 0 heterocycles. The molecule has 1 aliphatic rings. The Morgan fingerprint density at radius 1 is 1.38 bits per heavy atom. The van der Waals surface area contributed by atoms with Gasteiger partial charge in [-0.15, -0.1) is 0 Å². The van der Waals surface area contributed by atoms with Crippen LogP contribution in [0.4, 0.5) is 10.1 Å². The van der Waals surface area contributed by atoms with Crippen LogP contribution in [0.25, 0.3) is 0 Å². The van der Waals surface area contributed by atoms with Crippen molar-refractivity contribution in [3.05, 3.63) is 34.1 Å². The zero-order valence-corrected chi connectivity index (χ0v) is 11.9. The molecule has 116 valence electrons. The maximum atomic E-state index is 13.6. The highest BCUT2D eigenvalue weighted by molar-refractivity contribution is 7.89. The van der Waals surface area contributed by atoms with Crippen molar-refractivity contribution in [1.29, 1.82) is 0 Å². The lowest BCUT2D eigenvalue weighted by Crippen LogP contribution is -2.40. The van der Waals surface area contributed by atoms with Crippen LogP contribution in [-0.4, -0.2) is 30.6 Å². The van der Waals surface area contributed by atoms with Gasteiger partial charge in [0.2, 0.25) is 10.0 Å². The van der Waals surface area contributed by atoms with Crippen LogP contribution in [0, 0.1) is 15.9 Å². The predicted octanol–water partition coefficient (Wildman–Crippen LogP) is 1.32. The van der Waals surface area contributed by atoms with E-state index in [9.17, 15) is 28.0 Å². The molecule has 21 heavy (non-hydrogen) atoms. The van der Waals surface area contributed by atoms with Crippen molar-refractivity contribution in [2.24, 2.45) is 0 Å². The van der Waals surface area contributed by atoms with Crippen LogP contribution >= 0.6 is 0 Å². The van der Waals surface area contributed by atoms with Crippen molar-refractivity contribution in [2.45, 2.75) is 36.2 Å². The first kappa shape index (κ1) is 15.8. The van der Waals surface area contributed by atoms with Gasteiger partial charge in [-0.25, -0.2) is 17.5 Å². The first-order chi connectivity index (χ1) is 9.73. The summed E-state index contributed by atoms with van der Waals surface area (Å²) >= 11 is 0. The van der Waals surface area contributed by atoms with Crippen LogP contribution in [0.15, 0.2) is 23.1 Å². The predicted molar refractivity (Wildman–Crippen MR) is 71.7 cm³/mol. The SMILES string of the molecule is O=[N+]([O-])c1ccc(F)c(S(=O)(=O)NCC2(O)CCCC2)c1. The zero-order valence-electron chi connectivity index (χ0n) is 11.1. The Balaban J connectivity index is 2.23. The van der Waals surface area contributed by atoms with E-state index in [1.807, 2.05) is 0 Å². The van der Waals surface area contributed by atoms with Crippen molar-refractivity contribution < 1.29 is 22.8 Å². The molecular formula is C12H15FN2O5S. The maximum absolute atomic E-state index is 13.6. The topological polar surface area (TPSA) is 110 Å². The van der Waals surface area contributed by atoms with Crippen LogP contribution in [0.3, 0.4) is 0 Å². The van der Waals surface area contributed by atoms with Gasteiger partial charge in [0.05, 0.1) is 10.5 Å². The van der Waals surface area contributed by atoms with Gasteiger partial charge in [-0.3, -0.25) is 10.1 Å². The van der Waals surface area contributed by atoms with Crippen LogP contribution in [0.2, 0.25) is 0 Å². The van der Waals surface area contributed by atoms with Crippen molar-refractivity contribution in [1.82, 2.24) is 4.72 Å². The molecule has 1 aromatic rings. The van der Waals surface area contributed by atoms with Crippen LogP contribution in [0.5, 0.6) is 0 Å². The lowest BCUT2D eigenvalue weighted by Gasteiger charge is -2.22. The van der Waals surface area contributed by atoms with Gasteiger partial charge in [-0.2, -0.15) is 0 Å². The van der Waals surface area contributed by atoms with Gasteiger partial charge in [-0.05, 0) is 18.9 Å². The molecule has 1 fully saturated rings. The summed E-state index contributed by atoms with van der Waals surface area (Å²) in [5.74, 6) is -1.08. The number of rotatable bonds is 5. The van der Waals surface area contributed by atoms with Crippen molar-refractivity contribution in [3.63, 3.8) is 0 Å². The molecule has 0 amide bonds.